The number of hydrogen-bond donors (Lipinski definition) is 0. The number of allylic oxidation sites excluding steroid dienone is 4. The highest BCUT2D eigenvalue weighted by Crippen LogP contribution is 2.70. The van der Waals surface area contributed by atoms with Crippen LogP contribution in [0.1, 0.15) is 66.7 Å². The number of carbonyl (C=O) groups excluding carboxylic acids is 2. The van der Waals surface area contributed by atoms with E-state index in [0.717, 1.165) is 19.3 Å². The molecule has 0 bridgehead atoms. The van der Waals surface area contributed by atoms with E-state index in [9.17, 15) is 9.59 Å². The lowest BCUT2D eigenvalue weighted by atomic mass is 9.46. The van der Waals surface area contributed by atoms with Crippen LogP contribution in [0, 0.1) is 39.9 Å². The lowest BCUT2D eigenvalue weighted by Gasteiger charge is -2.57. The van der Waals surface area contributed by atoms with Crippen LogP contribution in [-0.2, 0) is 9.59 Å². The Bertz CT molecular complexity index is 701. The first-order chi connectivity index (χ1) is 11.6. The van der Waals surface area contributed by atoms with Crippen molar-refractivity contribution in [3.8, 4) is 0 Å². The van der Waals surface area contributed by atoms with E-state index in [-0.39, 0.29) is 22.0 Å². The molecule has 2 nitrogen and oxygen atoms in total. The van der Waals surface area contributed by atoms with Gasteiger partial charge in [0.2, 0.25) is 0 Å². The van der Waals surface area contributed by atoms with E-state index in [1.807, 2.05) is 13.0 Å². The molecule has 4 rings (SSSR count). The van der Waals surface area contributed by atoms with Crippen molar-refractivity contribution >= 4 is 11.6 Å². The van der Waals surface area contributed by atoms with Crippen LogP contribution < -0.4 is 0 Å². The van der Waals surface area contributed by atoms with Crippen molar-refractivity contribution in [3.05, 3.63) is 23.8 Å². The van der Waals surface area contributed by atoms with Crippen LogP contribution in [0.5, 0.6) is 0 Å². The highest BCUT2D eigenvalue weighted by molar-refractivity contribution is 5.92. The first-order valence-electron chi connectivity index (χ1n) is 10.1. The van der Waals surface area contributed by atoms with Crippen molar-refractivity contribution in [2.45, 2.75) is 66.7 Å². The summed E-state index contributed by atoms with van der Waals surface area (Å²) in [5.41, 5.74) is 1.31. The zero-order valence-corrected chi connectivity index (χ0v) is 16.4. The average molecular weight is 341 g/mol. The molecule has 2 saturated carbocycles. The van der Waals surface area contributed by atoms with Crippen LogP contribution in [0.4, 0.5) is 0 Å². The summed E-state index contributed by atoms with van der Waals surface area (Å²) in [5.74, 6) is 2.87. The molecule has 4 aliphatic carbocycles. The predicted octanol–water partition coefficient (Wildman–Crippen LogP) is 5.14. The highest BCUT2D eigenvalue weighted by Gasteiger charge is 2.65. The van der Waals surface area contributed by atoms with Crippen molar-refractivity contribution in [1.29, 1.82) is 0 Å². The molecule has 0 N–H and O–H groups in total. The minimum Gasteiger partial charge on any atom is -0.299 e. The van der Waals surface area contributed by atoms with Gasteiger partial charge in [0.15, 0.2) is 5.78 Å². The number of rotatable bonds is 1. The van der Waals surface area contributed by atoms with Gasteiger partial charge in [-0.3, -0.25) is 9.59 Å². The minimum absolute atomic E-state index is 0.103. The maximum atomic E-state index is 12.7. The van der Waals surface area contributed by atoms with Gasteiger partial charge < -0.3 is 0 Å². The molecule has 0 amide bonds. The molecule has 0 spiro atoms. The van der Waals surface area contributed by atoms with E-state index in [2.05, 4.69) is 39.8 Å². The molecule has 0 radical (unpaired) electrons. The minimum atomic E-state index is -0.198. The summed E-state index contributed by atoms with van der Waals surface area (Å²) < 4.78 is 0. The SMILES string of the molecule is CC(=O)C1(C)C(C)CC2C3C=CC4=CC(=O)CCC4(C)C3CCC21C. The van der Waals surface area contributed by atoms with Gasteiger partial charge >= 0.3 is 0 Å². The smallest absolute Gasteiger partial charge is 0.156 e. The Morgan fingerprint density at radius 1 is 1.16 bits per heavy atom. The first kappa shape index (κ1) is 17.2. The molecule has 0 aromatic heterocycles. The first-order valence-corrected chi connectivity index (χ1v) is 10.1. The molecule has 2 heteroatoms. The fourth-order valence-corrected chi connectivity index (χ4v) is 7.33. The topological polar surface area (TPSA) is 34.1 Å². The monoisotopic (exact) mass is 340 g/mol. The second-order valence-corrected chi connectivity index (χ2v) is 9.98. The molecule has 0 aromatic rings. The van der Waals surface area contributed by atoms with Crippen LogP contribution in [-0.4, -0.2) is 11.6 Å². The second kappa shape index (κ2) is 5.18. The number of carbonyl (C=O) groups is 2. The molecule has 136 valence electrons. The third kappa shape index (κ3) is 1.97. The number of Topliss-reactive ketones (excluding diaryl/α,β-unsaturated/α-hetero) is 1. The zero-order valence-electron chi connectivity index (χ0n) is 16.4. The highest BCUT2D eigenvalue weighted by atomic mass is 16.1. The summed E-state index contributed by atoms with van der Waals surface area (Å²) >= 11 is 0. The lowest BCUT2D eigenvalue weighted by Crippen LogP contribution is -2.52. The van der Waals surface area contributed by atoms with Crippen LogP contribution in [0.25, 0.3) is 0 Å². The van der Waals surface area contributed by atoms with Crippen molar-refractivity contribution in [3.63, 3.8) is 0 Å². The maximum absolute atomic E-state index is 12.7. The van der Waals surface area contributed by atoms with E-state index in [1.165, 1.54) is 12.0 Å². The molecule has 2 fully saturated rings. The van der Waals surface area contributed by atoms with Crippen molar-refractivity contribution < 1.29 is 9.59 Å². The normalized spacial score (nSPS) is 51.4. The van der Waals surface area contributed by atoms with Gasteiger partial charge in [0, 0.05) is 11.8 Å². The second-order valence-electron chi connectivity index (χ2n) is 9.98. The van der Waals surface area contributed by atoms with E-state index in [1.54, 1.807) is 0 Å². The van der Waals surface area contributed by atoms with Crippen LogP contribution in [0.2, 0.25) is 0 Å². The summed E-state index contributed by atoms with van der Waals surface area (Å²) in [5, 5.41) is 0. The Kier molecular flexibility index (Phi) is 3.57. The molecular formula is C23H32O2. The lowest BCUT2D eigenvalue weighted by molar-refractivity contribution is -0.139. The standard InChI is InChI=1S/C23H32O2/c1-14-12-20-18-7-6-16-13-17(25)8-10-21(16,3)19(18)9-11-22(20,4)23(14,5)15(2)24/h6-7,13-14,18-20H,8-12H2,1-5H3. The van der Waals surface area contributed by atoms with Gasteiger partial charge in [0.25, 0.3) is 0 Å². The molecule has 0 aliphatic heterocycles. The van der Waals surface area contributed by atoms with Gasteiger partial charge in [-0.25, -0.2) is 0 Å². The third-order valence-corrected chi connectivity index (χ3v) is 9.42. The van der Waals surface area contributed by atoms with Crippen LogP contribution in [0.15, 0.2) is 23.8 Å². The van der Waals surface area contributed by atoms with Gasteiger partial charge in [-0.05, 0) is 78.8 Å². The van der Waals surface area contributed by atoms with E-state index in [4.69, 9.17) is 0 Å². The molecule has 25 heavy (non-hydrogen) atoms. The largest absolute Gasteiger partial charge is 0.299 e. The van der Waals surface area contributed by atoms with Gasteiger partial charge in [0.05, 0.1) is 0 Å². The van der Waals surface area contributed by atoms with Gasteiger partial charge in [-0.1, -0.05) is 39.8 Å². The summed E-state index contributed by atoms with van der Waals surface area (Å²) in [6, 6.07) is 0. The zero-order chi connectivity index (χ0) is 18.2. The fourth-order valence-electron chi connectivity index (χ4n) is 7.33. The van der Waals surface area contributed by atoms with E-state index < -0.39 is 0 Å². The average Bonchev–Trinajstić information content (AvgIpc) is 2.77. The Balaban J connectivity index is 1.78. The summed E-state index contributed by atoms with van der Waals surface area (Å²) in [6.07, 6.45) is 11.7. The van der Waals surface area contributed by atoms with Crippen molar-refractivity contribution in [2.75, 3.05) is 0 Å². The predicted molar refractivity (Wildman–Crippen MR) is 100.0 cm³/mol. The van der Waals surface area contributed by atoms with Gasteiger partial charge in [0.1, 0.15) is 5.78 Å². The van der Waals surface area contributed by atoms with Crippen molar-refractivity contribution in [2.24, 2.45) is 39.9 Å². The molecule has 4 aliphatic rings. The molecule has 7 unspecified atom stereocenters. The Morgan fingerprint density at radius 3 is 2.56 bits per heavy atom. The van der Waals surface area contributed by atoms with E-state index >= 15 is 0 Å². The third-order valence-electron chi connectivity index (χ3n) is 9.42. The molecule has 0 saturated heterocycles. The maximum Gasteiger partial charge on any atom is 0.156 e. The molecule has 0 aromatic carbocycles. The number of ketones is 2. The molecule has 7 atom stereocenters. The molecular weight excluding hydrogens is 308 g/mol. The van der Waals surface area contributed by atoms with E-state index in [0.29, 0.717) is 35.9 Å². The molecule has 0 heterocycles. The van der Waals surface area contributed by atoms with Crippen LogP contribution >= 0.6 is 0 Å². The van der Waals surface area contributed by atoms with Gasteiger partial charge in [-0.15, -0.1) is 0 Å². The number of hydrogen-bond acceptors (Lipinski definition) is 2. The summed E-state index contributed by atoms with van der Waals surface area (Å²) in [4.78, 5) is 24.6. The Labute approximate surface area is 152 Å². The van der Waals surface area contributed by atoms with Crippen LogP contribution in [0.3, 0.4) is 0 Å². The van der Waals surface area contributed by atoms with Gasteiger partial charge in [-0.2, -0.15) is 0 Å². The Morgan fingerprint density at radius 2 is 1.88 bits per heavy atom. The summed E-state index contributed by atoms with van der Waals surface area (Å²) in [7, 11) is 0. The Hall–Kier alpha value is -1.18. The number of fused-ring (bicyclic) bond motifs is 5. The fraction of sp³-hybridized carbons (Fsp3) is 0.739. The summed E-state index contributed by atoms with van der Waals surface area (Å²) in [6.45, 7) is 11.1. The van der Waals surface area contributed by atoms with Crippen molar-refractivity contribution in [1.82, 2.24) is 0 Å². The quantitative estimate of drug-likeness (QED) is 0.662.